The number of amides is 2. The third-order valence-corrected chi connectivity index (χ3v) is 10.4. The fourth-order valence-corrected chi connectivity index (χ4v) is 7.16. The van der Waals surface area contributed by atoms with Crippen LogP contribution in [0.1, 0.15) is 90.0 Å². The van der Waals surface area contributed by atoms with Crippen molar-refractivity contribution in [3.8, 4) is 0 Å². The van der Waals surface area contributed by atoms with E-state index in [1.165, 1.54) is 0 Å². The summed E-state index contributed by atoms with van der Waals surface area (Å²) in [5.41, 5.74) is 13.6. The summed E-state index contributed by atoms with van der Waals surface area (Å²) < 4.78 is 0. The second-order valence-electron chi connectivity index (χ2n) is 14.7. The number of H-pyrrole nitrogens is 2. The van der Waals surface area contributed by atoms with E-state index in [1.807, 2.05) is 40.3 Å². The topological polar surface area (TPSA) is 122 Å². The summed E-state index contributed by atoms with van der Waals surface area (Å²) >= 11 is 0. The summed E-state index contributed by atoms with van der Waals surface area (Å²) in [7, 11) is 7.99. The minimum Gasteiger partial charge on any atom is -0.355 e. The van der Waals surface area contributed by atoms with Crippen LogP contribution in [0.4, 0.5) is 0 Å². The fourth-order valence-electron chi connectivity index (χ4n) is 7.16. The van der Waals surface area contributed by atoms with Crippen LogP contribution in [0.15, 0.2) is 43.5 Å². The number of nitrogens with zero attached hydrogens (tertiary/aromatic N) is 4. The van der Waals surface area contributed by atoms with Crippen LogP contribution in [0, 0.1) is 13.8 Å². The summed E-state index contributed by atoms with van der Waals surface area (Å²) in [6.45, 7) is 19.5. The van der Waals surface area contributed by atoms with E-state index in [9.17, 15) is 9.59 Å². The fraction of sp³-hybridized carbons (Fsp3) is 0.429. The first kappa shape index (κ1) is 38.4. The van der Waals surface area contributed by atoms with E-state index in [0.717, 1.165) is 91.3 Å². The number of likely N-dealkylation sites (N-methyl/N-ethyl adjacent to an activating group) is 2. The second kappa shape index (κ2) is 16.7. The maximum atomic E-state index is 13.0. The van der Waals surface area contributed by atoms with E-state index >= 15 is 0 Å². The van der Waals surface area contributed by atoms with Crippen LogP contribution >= 0.6 is 0 Å². The molecule has 4 N–H and O–H groups in total. The first-order valence-electron chi connectivity index (χ1n) is 18.3. The number of carbonyl (C=O) groups excluding carboxylic acids is 2. The van der Waals surface area contributed by atoms with E-state index in [-0.39, 0.29) is 23.7 Å². The minimum absolute atomic E-state index is 0.0221. The van der Waals surface area contributed by atoms with Crippen molar-refractivity contribution in [2.45, 2.75) is 65.2 Å². The molecule has 0 spiro atoms. The smallest absolute Gasteiger partial charge is 0.220 e. The number of rotatable bonds is 14. The van der Waals surface area contributed by atoms with E-state index in [1.54, 1.807) is 0 Å². The third kappa shape index (κ3) is 8.62. The van der Waals surface area contributed by atoms with Crippen molar-refractivity contribution in [3.63, 3.8) is 0 Å². The average Bonchev–Trinajstić information content (AvgIpc) is 3.75. The minimum atomic E-state index is 0.0221. The standard InChI is InChI=1S/C42H56N8O2/c1-11-29-25(3)33-21-34-27(5)31(13-15-41(51)43-17-19-49(7)8)39(47-34)24-40-32(14-16-42(52)44-18-20-50(9)10)28(6)36(48-40)23-38-30(12-2)26(4)35(46-38)22-37(29)45-33/h11-12,21-24,27,31,45,48H,1-2,13-20H2,3-10H3,(H,43,51)(H,44,52). The van der Waals surface area contributed by atoms with Gasteiger partial charge in [-0.15, -0.1) is 0 Å². The van der Waals surface area contributed by atoms with Gasteiger partial charge in [0.2, 0.25) is 11.8 Å². The van der Waals surface area contributed by atoms with Gasteiger partial charge in [0.1, 0.15) is 0 Å². The van der Waals surface area contributed by atoms with Crippen molar-refractivity contribution >= 4 is 51.1 Å². The molecule has 10 nitrogen and oxygen atoms in total. The van der Waals surface area contributed by atoms with Gasteiger partial charge >= 0.3 is 0 Å². The van der Waals surface area contributed by atoms with Crippen molar-refractivity contribution < 1.29 is 9.59 Å². The van der Waals surface area contributed by atoms with Crippen LogP contribution in [0.5, 0.6) is 0 Å². The number of hydrogen-bond donors (Lipinski definition) is 4. The summed E-state index contributed by atoms with van der Waals surface area (Å²) in [4.78, 5) is 47.7. The molecule has 276 valence electrons. The second-order valence-corrected chi connectivity index (χ2v) is 14.7. The number of hydrogen-bond acceptors (Lipinski definition) is 6. The van der Waals surface area contributed by atoms with Gasteiger partial charge in [-0.3, -0.25) is 14.6 Å². The zero-order chi connectivity index (χ0) is 37.7. The Labute approximate surface area is 308 Å². The maximum Gasteiger partial charge on any atom is 0.220 e. The highest BCUT2D eigenvalue weighted by atomic mass is 16.2. The lowest BCUT2D eigenvalue weighted by Crippen LogP contribution is -2.31. The lowest BCUT2D eigenvalue weighted by molar-refractivity contribution is -0.122. The molecule has 2 aliphatic heterocycles. The lowest BCUT2D eigenvalue weighted by atomic mass is 9.87. The monoisotopic (exact) mass is 704 g/mol. The molecule has 3 aromatic heterocycles. The summed E-state index contributed by atoms with van der Waals surface area (Å²) in [6.07, 6.45) is 5.74. The quantitative estimate of drug-likeness (QED) is 0.149. The Morgan fingerprint density at radius 3 is 2.00 bits per heavy atom. The van der Waals surface area contributed by atoms with Crippen molar-refractivity contribution in [1.82, 2.24) is 40.4 Å². The Balaban J connectivity index is 1.70. The van der Waals surface area contributed by atoms with Crippen molar-refractivity contribution in [3.05, 3.63) is 88.5 Å². The molecule has 0 fully saturated rings. The number of allylic oxidation sites excluding steroid dienone is 3. The van der Waals surface area contributed by atoms with Gasteiger partial charge in [-0.25, -0.2) is 4.98 Å². The van der Waals surface area contributed by atoms with Crippen LogP contribution in [0.2, 0.25) is 0 Å². The van der Waals surface area contributed by atoms with E-state index in [4.69, 9.17) is 9.97 Å². The molecule has 5 heterocycles. The predicted octanol–water partition coefficient (Wildman–Crippen LogP) is 6.65. The molecule has 0 aromatic carbocycles. The zero-order valence-electron chi connectivity index (χ0n) is 32.3. The van der Waals surface area contributed by atoms with Gasteiger partial charge in [0.05, 0.1) is 11.4 Å². The molecule has 8 bridgehead atoms. The Hall–Kier alpha value is -4.80. The van der Waals surface area contributed by atoms with Crippen molar-refractivity contribution in [2.24, 2.45) is 0 Å². The number of aryl methyl sites for hydroxylation is 3. The number of fused-ring (bicyclic) bond motifs is 8. The molecule has 3 aromatic rings. The summed E-state index contributed by atoms with van der Waals surface area (Å²) in [5.74, 6) is 0.162. The number of carbonyl (C=O) groups is 2. The average molecular weight is 705 g/mol. The molecule has 5 rings (SSSR count). The SMILES string of the molecule is C=CC1=C(C)c2cc3[nH]c(cc4nc(cc5[nH]c(cc1n2)c(C)c5CCC(=O)NCCN(C)C)C(CCC(=O)NCCN(C)C)C4C)c(C)c3C=C. The highest BCUT2D eigenvalue weighted by Crippen LogP contribution is 2.40. The Morgan fingerprint density at radius 1 is 0.769 bits per heavy atom. The highest BCUT2D eigenvalue weighted by molar-refractivity contribution is 5.97. The molecular weight excluding hydrogens is 649 g/mol. The Bertz CT molecular complexity index is 2050. The molecule has 2 unspecified atom stereocenters. The molecule has 2 atom stereocenters. The Kier molecular flexibility index (Phi) is 12.3. The van der Waals surface area contributed by atoms with Crippen LogP contribution in [0.25, 0.3) is 39.3 Å². The first-order chi connectivity index (χ1) is 24.8. The van der Waals surface area contributed by atoms with Gasteiger partial charge in [0.25, 0.3) is 0 Å². The van der Waals surface area contributed by atoms with Crippen molar-refractivity contribution in [1.29, 1.82) is 0 Å². The highest BCUT2D eigenvalue weighted by Gasteiger charge is 2.30. The van der Waals surface area contributed by atoms with Crippen LogP contribution in [-0.4, -0.2) is 95.9 Å². The normalized spacial score (nSPS) is 15.7. The van der Waals surface area contributed by atoms with Crippen LogP contribution in [-0.2, 0) is 16.0 Å². The van der Waals surface area contributed by atoms with Gasteiger partial charge in [0.15, 0.2) is 0 Å². The predicted molar refractivity (Wildman–Crippen MR) is 215 cm³/mol. The molecule has 0 saturated carbocycles. The zero-order valence-corrected chi connectivity index (χ0v) is 32.3. The molecule has 10 heteroatoms. The molecule has 0 radical (unpaired) electrons. The van der Waals surface area contributed by atoms with E-state index in [2.05, 4.69) is 95.5 Å². The number of aromatic amines is 2. The van der Waals surface area contributed by atoms with Gasteiger partial charge in [0, 0.05) is 95.4 Å². The molecule has 2 aliphatic rings. The van der Waals surface area contributed by atoms with E-state index < -0.39 is 0 Å². The van der Waals surface area contributed by atoms with Gasteiger partial charge in [-0.1, -0.05) is 32.2 Å². The number of aromatic nitrogens is 4. The summed E-state index contributed by atoms with van der Waals surface area (Å²) in [5, 5.41) is 6.13. The molecule has 0 aliphatic carbocycles. The van der Waals surface area contributed by atoms with Crippen molar-refractivity contribution in [2.75, 3.05) is 54.4 Å². The molecule has 52 heavy (non-hydrogen) atoms. The first-order valence-corrected chi connectivity index (χ1v) is 18.3. The van der Waals surface area contributed by atoms with Gasteiger partial charge in [-0.05, 0) is 108 Å². The van der Waals surface area contributed by atoms with Gasteiger partial charge < -0.3 is 30.4 Å². The number of nitrogens with one attached hydrogen (secondary N) is 4. The third-order valence-electron chi connectivity index (χ3n) is 10.4. The summed E-state index contributed by atoms with van der Waals surface area (Å²) in [6, 6.07) is 8.45. The molecule has 0 saturated heterocycles. The van der Waals surface area contributed by atoms with Crippen LogP contribution < -0.4 is 10.6 Å². The Morgan fingerprint density at radius 2 is 1.37 bits per heavy atom. The largest absolute Gasteiger partial charge is 0.355 e. The lowest BCUT2D eigenvalue weighted by Gasteiger charge is -2.16. The molecular formula is C42H56N8O2. The van der Waals surface area contributed by atoms with E-state index in [0.29, 0.717) is 38.8 Å². The van der Waals surface area contributed by atoms with Gasteiger partial charge in [-0.2, -0.15) is 0 Å². The van der Waals surface area contributed by atoms with Crippen LogP contribution in [0.3, 0.4) is 0 Å². The maximum absolute atomic E-state index is 13.0. The molecule has 2 amide bonds.